The van der Waals surface area contributed by atoms with E-state index in [1.807, 2.05) is 35.8 Å². The fourth-order valence-corrected chi connectivity index (χ4v) is 2.93. The fourth-order valence-electron chi connectivity index (χ4n) is 2.93. The van der Waals surface area contributed by atoms with Gasteiger partial charge in [0.1, 0.15) is 0 Å². The molecule has 0 unspecified atom stereocenters. The first-order valence-electron chi connectivity index (χ1n) is 8.66. The van der Waals surface area contributed by atoms with Crippen LogP contribution in [0.4, 0.5) is 5.95 Å². The summed E-state index contributed by atoms with van der Waals surface area (Å²) in [5.74, 6) is 0.876. The van der Waals surface area contributed by atoms with Crippen LogP contribution in [0.5, 0.6) is 0 Å². The number of hydrogen-bond acceptors (Lipinski definition) is 6. The van der Waals surface area contributed by atoms with Crippen molar-refractivity contribution < 1.29 is 4.79 Å². The van der Waals surface area contributed by atoms with Gasteiger partial charge in [0.05, 0.1) is 18.8 Å². The molecule has 2 aromatic rings. The molecule has 25 heavy (non-hydrogen) atoms. The smallest absolute Gasteiger partial charge is 0.239 e. The van der Waals surface area contributed by atoms with E-state index in [1.165, 1.54) is 0 Å². The van der Waals surface area contributed by atoms with Crippen LogP contribution < -0.4 is 10.2 Å². The molecule has 3 heterocycles. The Kier molecular flexibility index (Phi) is 5.60. The van der Waals surface area contributed by atoms with Crippen LogP contribution in [0.15, 0.2) is 30.9 Å². The number of piperazine rings is 1. The van der Waals surface area contributed by atoms with Gasteiger partial charge < -0.3 is 15.1 Å². The van der Waals surface area contributed by atoms with Gasteiger partial charge >= 0.3 is 0 Å². The van der Waals surface area contributed by atoms with E-state index < -0.39 is 0 Å². The van der Waals surface area contributed by atoms with E-state index >= 15 is 0 Å². The summed E-state index contributed by atoms with van der Waals surface area (Å²) in [5.41, 5.74) is 1.14. The normalized spacial score (nSPS) is 16.1. The van der Waals surface area contributed by atoms with Gasteiger partial charge in [-0.15, -0.1) is 0 Å². The second-order valence-electron chi connectivity index (χ2n) is 6.32. The third-order valence-corrected chi connectivity index (χ3v) is 4.35. The Bertz CT molecular complexity index is 679. The van der Waals surface area contributed by atoms with E-state index in [-0.39, 0.29) is 11.9 Å². The lowest BCUT2D eigenvalue weighted by Gasteiger charge is -2.36. The monoisotopic (exact) mass is 343 g/mol. The van der Waals surface area contributed by atoms with Crippen molar-refractivity contribution in [1.29, 1.82) is 0 Å². The summed E-state index contributed by atoms with van der Waals surface area (Å²) in [5, 5.41) is 7.54. The zero-order valence-electron chi connectivity index (χ0n) is 14.8. The van der Waals surface area contributed by atoms with Crippen LogP contribution in [0.2, 0.25) is 0 Å². The highest BCUT2D eigenvalue weighted by atomic mass is 16.2. The molecular formula is C17H25N7O. The number of amides is 1. The van der Waals surface area contributed by atoms with Gasteiger partial charge in [-0.3, -0.25) is 9.48 Å². The third kappa shape index (κ3) is 4.54. The summed E-state index contributed by atoms with van der Waals surface area (Å²) in [6.07, 6.45) is 7.32. The zero-order chi connectivity index (χ0) is 17.6. The van der Waals surface area contributed by atoms with Crippen LogP contribution >= 0.6 is 0 Å². The maximum Gasteiger partial charge on any atom is 0.239 e. The molecule has 1 amide bonds. The molecule has 1 aliphatic rings. The van der Waals surface area contributed by atoms with Gasteiger partial charge in [0.25, 0.3) is 0 Å². The van der Waals surface area contributed by atoms with Crippen molar-refractivity contribution in [2.45, 2.75) is 26.4 Å². The lowest BCUT2D eigenvalue weighted by molar-refractivity contribution is -0.133. The molecule has 1 aliphatic heterocycles. The second-order valence-corrected chi connectivity index (χ2v) is 6.32. The minimum absolute atomic E-state index is 0.144. The summed E-state index contributed by atoms with van der Waals surface area (Å²) < 4.78 is 1.89. The molecule has 8 heteroatoms. The highest BCUT2D eigenvalue weighted by Gasteiger charge is 2.25. The third-order valence-electron chi connectivity index (χ3n) is 4.35. The van der Waals surface area contributed by atoms with Gasteiger partial charge in [-0.05, 0) is 25.5 Å². The first-order valence-corrected chi connectivity index (χ1v) is 8.66. The number of aromatic nitrogens is 4. The average molecular weight is 343 g/mol. The number of nitrogens with zero attached hydrogens (tertiary/aromatic N) is 6. The SMILES string of the molecule is Cc1cnn(CCN[C@@H](C)C(=O)N2CCN(c3ncccn3)CC2)c1. The predicted molar refractivity (Wildman–Crippen MR) is 95.3 cm³/mol. The molecule has 0 aromatic carbocycles. The quantitative estimate of drug-likeness (QED) is 0.813. The van der Waals surface area contributed by atoms with E-state index in [0.717, 1.165) is 31.1 Å². The Balaban J connectivity index is 1.42. The maximum atomic E-state index is 12.6. The van der Waals surface area contributed by atoms with Gasteiger partial charge in [0, 0.05) is 51.3 Å². The molecule has 1 fully saturated rings. The van der Waals surface area contributed by atoms with Crippen LogP contribution in [0.1, 0.15) is 12.5 Å². The topological polar surface area (TPSA) is 79.2 Å². The summed E-state index contributed by atoms with van der Waals surface area (Å²) in [6.45, 7) is 8.32. The Morgan fingerprint density at radius 2 is 1.96 bits per heavy atom. The molecule has 0 bridgehead atoms. The largest absolute Gasteiger partial charge is 0.338 e. The highest BCUT2D eigenvalue weighted by molar-refractivity contribution is 5.81. The number of carbonyl (C=O) groups is 1. The number of nitrogens with one attached hydrogen (secondary N) is 1. The number of aryl methyl sites for hydroxylation is 1. The van der Waals surface area contributed by atoms with Crippen LogP contribution in [0.25, 0.3) is 0 Å². The second kappa shape index (κ2) is 8.06. The molecule has 8 nitrogen and oxygen atoms in total. The zero-order valence-corrected chi connectivity index (χ0v) is 14.8. The number of rotatable bonds is 6. The lowest BCUT2D eigenvalue weighted by Crippen LogP contribution is -2.54. The predicted octanol–water partition coefficient (Wildman–Crippen LogP) is 0.308. The lowest BCUT2D eigenvalue weighted by atomic mass is 10.2. The van der Waals surface area contributed by atoms with E-state index in [4.69, 9.17) is 0 Å². The Hall–Kier alpha value is -2.48. The molecule has 0 aliphatic carbocycles. The van der Waals surface area contributed by atoms with Crippen molar-refractivity contribution in [1.82, 2.24) is 30.0 Å². The molecular weight excluding hydrogens is 318 g/mol. The minimum Gasteiger partial charge on any atom is -0.338 e. The Morgan fingerprint density at radius 3 is 2.60 bits per heavy atom. The van der Waals surface area contributed by atoms with E-state index in [2.05, 4.69) is 25.3 Å². The maximum absolute atomic E-state index is 12.6. The standard InChI is InChI=1S/C17H25N7O/c1-14-12-21-24(13-14)7-6-18-15(2)16(25)22-8-10-23(11-9-22)17-19-4-3-5-20-17/h3-5,12-13,15,18H,6-11H2,1-2H3/t15-/m0/s1. The Labute approximate surface area is 147 Å². The number of hydrogen-bond donors (Lipinski definition) is 1. The summed E-state index contributed by atoms with van der Waals surface area (Å²) in [6, 6.07) is 1.61. The first-order chi connectivity index (χ1) is 12.1. The summed E-state index contributed by atoms with van der Waals surface area (Å²) >= 11 is 0. The molecule has 0 spiro atoms. The molecule has 3 rings (SSSR count). The average Bonchev–Trinajstić information content (AvgIpc) is 3.07. The molecule has 2 aromatic heterocycles. The van der Waals surface area contributed by atoms with Crippen molar-refractivity contribution >= 4 is 11.9 Å². The van der Waals surface area contributed by atoms with E-state index in [9.17, 15) is 4.79 Å². The molecule has 0 saturated carbocycles. The molecule has 1 N–H and O–H groups in total. The molecule has 0 radical (unpaired) electrons. The fraction of sp³-hybridized carbons (Fsp3) is 0.529. The summed E-state index contributed by atoms with van der Waals surface area (Å²) in [4.78, 5) is 25.1. The van der Waals surface area contributed by atoms with E-state index in [0.29, 0.717) is 19.6 Å². The van der Waals surface area contributed by atoms with Crippen molar-refractivity contribution in [2.75, 3.05) is 37.6 Å². The highest BCUT2D eigenvalue weighted by Crippen LogP contribution is 2.10. The first kappa shape index (κ1) is 17.3. The molecule has 1 saturated heterocycles. The van der Waals surface area contributed by atoms with Crippen LogP contribution in [0.3, 0.4) is 0 Å². The summed E-state index contributed by atoms with van der Waals surface area (Å²) in [7, 11) is 0. The minimum atomic E-state index is -0.198. The molecule has 134 valence electrons. The van der Waals surface area contributed by atoms with Crippen LogP contribution in [0, 0.1) is 6.92 Å². The molecule has 1 atom stereocenters. The Morgan fingerprint density at radius 1 is 1.24 bits per heavy atom. The van der Waals surface area contributed by atoms with Gasteiger partial charge in [-0.25, -0.2) is 9.97 Å². The van der Waals surface area contributed by atoms with Crippen molar-refractivity contribution in [3.63, 3.8) is 0 Å². The van der Waals surface area contributed by atoms with Crippen molar-refractivity contribution in [3.8, 4) is 0 Å². The van der Waals surface area contributed by atoms with Gasteiger partial charge in [0.2, 0.25) is 11.9 Å². The van der Waals surface area contributed by atoms with Crippen molar-refractivity contribution in [3.05, 3.63) is 36.4 Å². The van der Waals surface area contributed by atoms with Crippen LogP contribution in [-0.2, 0) is 11.3 Å². The number of anilines is 1. The van der Waals surface area contributed by atoms with Crippen LogP contribution in [-0.4, -0.2) is 69.3 Å². The van der Waals surface area contributed by atoms with Gasteiger partial charge in [-0.2, -0.15) is 5.10 Å². The van der Waals surface area contributed by atoms with Gasteiger partial charge in [0.15, 0.2) is 0 Å². The van der Waals surface area contributed by atoms with Crippen molar-refractivity contribution in [2.24, 2.45) is 0 Å². The van der Waals surface area contributed by atoms with Gasteiger partial charge in [-0.1, -0.05) is 0 Å². The number of carbonyl (C=O) groups excluding carboxylic acids is 1. The van der Waals surface area contributed by atoms with E-state index in [1.54, 1.807) is 18.5 Å².